The Labute approximate surface area is 138 Å². The molecule has 0 aliphatic rings. The number of aryl methyl sites for hydroxylation is 1. The van der Waals surface area contributed by atoms with Gasteiger partial charge in [0, 0.05) is 25.3 Å². The van der Waals surface area contributed by atoms with Gasteiger partial charge in [-0.3, -0.25) is 5.10 Å². The van der Waals surface area contributed by atoms with Crippen LogP contribution in [-0.4, -0.2) is 30.0 Å². The van der Waals surface area contributed by atoms with Gasteiger partial charge in [-0.15, -0.1) is 12.4 Å². The molecule has 2 rings (SSSR count). The van der Waals surface area contributed by atoms with E-state index in [1.807, 2.05) is 25.3 Å². The van der Waals surface area contributed by atoms with Crippen LogP contribution in [0.25, 0.3) is 11.5 Å². The number of furan rings is 1. The van der Waals surface area contributed by atoms with E-state index in [4.69, 9.17) is 9.15 Å². The predicted molar refractivity (Wildman–Crippen MR) is 90.3 cm³/mol. The summed E-state index contributed by atoms with van der Waals surface area (Å²) in [5, 5.41) is 10.5. The number of aromatic nitrogens is 2. The number of aromatic amines is 1. The summed E-state index contributed by atoms with van der Waals surface area (Å²) in [5.74, 6) is 2.43. The van der Waals surface area contributed by atoms with Crippen molar-refractivity contribution in [2.75, 3.05) is 19.8 Å². The molecule has 2 aromatic heterocycles. The van der Waals surface area contributed by atoms with Gasteiger partial charge >= 0.3 is 0 Å². The number of nitrogens with one attached hydrogen (secondary N) is 2. The second-order valence-corrected chi connectivity index (χ2v) is 5.65. The van der Waals surface area contributed by atoms with Crippen LogP contribution in [0.3, 0.4) is 0 Å². The fourth-order valence-electron chi connectivity index (χ4n) is 2.02. The molecular weight excluding hydrogens is 302 g/mol. The van der Waals surface area contributed by atoms with E-state index in [2.05, 4.69) is 29.4 Å². The average Bonchev–Trinajstić information content (AvgIpc) is 3.05. The summed E-state index contributed by atoms with van der Waals surface area (Å²) >= 11 is 0. The molecule has 0 unspecified atom stereocenters. The highest BCUT2D eigenvalue weighted by molar-refractivity contribution is 5.85. The van der Waals surface area contributed by atoms with Crippen LogP contribution in [0.4, 0.5) is 0 Å². The highest BCUT2D eigenvalue weighted by Crippen LogP contribution is 2.23. The molecule has 2 N–H and O–H groups in total. The molecule has 0 radical (unpaired) electrons. The number of rotatable bonds is 9. The minimum atomic E-state index is 0. The first-order chi connectivity index (χ1) is 10.2. The van der Waals surface area contributed by atoms with Crippen molar-refractivity contribution in [2.24, 2.45) is 5.92 Å². The van der Waals surface area contributed by atoms with E-state index in [9.17, 15) is 0 Å². The lowest BCUT2D eigenvalue weighted by Crippen LogP contribution is -2.19. The quantitative estimate of drug-likeness (QED) is 0.691. The monoisotopic (exact) mass is 327 g/mol. The maximum Gasteiger partial charge on any atom is 0.152 e. The van der Waals surface area contributed by atoms with Gasteiger partial charge in [0.25, 0.3) is 0 Å². The first-order valence-electron chi connectivity index (χ1n) is 7.54. The van der Waals surface area contributed by atoms with E-state index in [0.29, 0.717) is 5.92 Å². The van der Waals surface area contributed by atoms with Crippen molar-refractivity contribution in [3.63, 3.8) is 0 Å². The zero-order chi connectivity index (χ0) is 15.1. The Bertz CT molecular complexity index is 537. The molecular formula is C16H26ClN3O2. The standard InChI is InChI=1S/C16H25N3O2.ClH/c1-12(2)6-8-20-9-7-17-10-14-11-18-19-16(14)15-5-4-13(3)21-15;/h4-5,11-12,17H,6-10H2,1-3H3,(H,18,19);1H. The minimum Gasteiger partial charge on any atom is -0.460 e. The van der Waals surface area contributed by atoms with Gasteiger partial charge in [0.2, 0.25) is 0 Å². The summed E-state index contributed by atoms with van der Waals surface area (Å²) in [5.41, 5.74) is 2.04. The third kappa shape index (κ3) is 5.83. The Kier molecular flexibility index (Phi) is 8.24. The summed E-state index contributed by atoms with van der Waals surface area (Å²) in [6.07, 6.45) is 2.95. The molecule has 0 amide bonds. The molecule has 0 bridgehead atoms. The van der Waals surface area contributed by atoms with Crippen molar-refractivity contribution in [1.82, 2.24) is 15.5 Å². The van der Waals surface area contributed by atoms with E-state index in [0.717, 1.165) is 55.5 Å². The molecule has 0 saturated carbocycles. The summed E-state index contributed by atoms with van der Waals surface area (Å²) in [6.45, 7) is 9.50. The molecule has 0 atom stereocenters. The second kappa shape index (κ2) is 9.66. The van der Waals surface area contributed by atoms with Gasteiger partial charge in [0.05, 0.1) is 12.8 Å². The SMILES string of the molecule is Cc1ccc(-c2[nH]ncc2CNCCOCCC(C)C)o1.Cl. The predicted octanol–water partition coefficient (Wildman–Crippen LogP) is 3.55. The first-order valence-corrected chi connectivity index (χ1v) is 7.54. The van der Waals surface area contributed by atoms with Gasteiger partial charge < -0.3 is 14.5 Å². The second-order valence-electron chi connectivity index (χ2n) is 5.65. The summed E-state index contributed by atoms with van der Waals surface area (Å²) in [6, 6.07) is 3.91. The van der Waals surface area contributed by atoms with Crippen molar-refractivity contribution in [2.45, 2.75) is 33.7 Å². The number of nitrogens with zero attached hydrogens (tertiary/aromatic N) is 1. The van der Waals surface area contributed by atoms with E-state index in [-0.39, 0.29) is 12.4 Å². The average molecular weight is 328 g/mol. The van der Waals surface area contributed by atoms with Crippen molar-refractivity contribution in [3.05, 3.63) is 29.7 Å². The smallest absolute Gasteiger partial charge is 0.152 e. The highest BCUT2D eigenvalue weighted by atomic mass is 35.5. The van der Waals surface area contributed by atoms with Gasteiger partial charge in [0.1, 0.15) is 11.5 Å². The van der Waals surface area contributed by atoms with E-state index in [1.165, 1.54) is 0 Å². The summed E-state index contributed by atoms with van der Waals surface area (Å²) in [7, 11) is 0. The minimum absolute atomic E-state index is 0. The van der Waals surface area contributed by atoms with Gasteiger partial charge in [-0.1, -0.05) is 13.8 Å². The Morgan fingerprint density at radius 3 is 2.82 bits per heavy atom. The number of H-pyrrole nitrogens is 1. The molecule has 2 aromatic rings. The van der Waals surface area contributed by atoms with E-state index < -0.39 is 0 Å². The van der Waals surface area contributed by atoms with Crippen LogP contribution >= 0.6 is 12.4 Å². The fraction of sp³-hybridized carbons (Fsp3) is 0.562. The highest BCUT2D eigenvalue weighted by Gasteiger charge is 2.10. The lowest BCUT2D eigenvalue weighted by molar-refractivity contribution is 0.125. The van der Waals surface area contributed by atoms with Crippen LogP contribution in [0, 0.1) is 12.8 Å². The third-order valence-corrected chi connectivity index (χ3v) is 3.28. The third-order valence-electron chi connectivity index (χ3n) is 3.28. The maximum absolute atomic E-state index is 5.63. The molecule has 2 heterocycles. The molecule has 124 valence electrons. The maximum atomic E-state index is 5.63. The Morgan fingerprint density at radius 2 is 2.14 bits per heavy atom. The molecule has 0 aromatic carbocycles. The van der Waals surface area contributed by atoms with Crippen LogP contribution < -0.4 is 5.32 Å². The van der Waals surface area contributed by atoms with Crippen molar-refractivity contribution in [1.29, 1.82) is 0 Å². The molecule has 22 heavy (non-hydrogen) atoms. The topological polar surface area (TPSA) is 63.1 Å². The fourth-order valence-corrected chi connectivity index (χ4v) is 2.02. The van der Waals surface area contributed by atoms with Crippen LogP contribution in [0.2, 0.25) is 0 Å². The zero-order valence-electron chi connectivity index (χ0n) is 13.5. The lowest BCUT2D eigenvalue weighted by atomic mass is 10.1. The van der Waals surface area contributed by atoms with E-state index >= 15 is 0 Å². The number of hydrogen-bond donors (Lipinski definition) is 2. The van der Waals surface area contributed by atoms with Gasteiger partial charge in [-0.2, -0.15) is 5.10 Å². The number of ether oxygens (including phenoxy) is 1. The molecule has 5 nitrogen and oxygen atoms in total. The Hall–Kier alpha value is -1.30. The Balaban J connectivity index is 0.00000242. The van der Waals surface area contributed by atoms with Crippen LogP contribution in [0.15, 0.2) is 22.7 Å². The number of hydrogen-bond acceptors (Lipinski definition) is 4. The zero-order valence-corrected chi connectivity index (χ0v) is 14.3. The van der Waals surface area contributed by atoms with Crippen molar-refractivity contribution in [3.8, 4) is 11.5 Å². The van der Waals surface area contributed by atoms with Gasteiger partial charge in [-0.05, 0) is 31.4 Å². The normalized spacial score (nSPS) is 10.9. The largest absolute Gasteiger partial charge is 0.460 e. The van der Waals surface area contributed by atoms with Crippen molar-refractivity contribution < 1.29 is 9.15 Å². The molecule has 6 heteroatoms. The Morgan fingerprint density at radius 1 is 1.32 bits per heavy atom. The van der Waals surface area contributed by atoms with Crippen LogP contribution in [0.5, 0.6) is 0 Å². The molecule has 0 saturated heterocycles. The molecule has 0 aliphatic heterocycles. The summed E-state index contributed by atoms with van der Waals surface area (Å²) < 4.78 is 11.2. The first kappa shape index (κ1) is 18.7. The van der Waals surface area contributed by atoms with Crippen molar-refractivity contribution >= 4 is 12.4 Å². The van der Waals surface area contributed by atoms with Gasteiger partial charge in [0.15, 0.2) is 5.76 Å². The van der Waals surface area contributed by atoms with E-state index in [1.54, 1.807) is 0 Å². The lowest BCUT2D eigenvalue weighted by Gasteiger charge is -2.07. The molecule has 0 aliphatic carbocycles. The number of halogens is 1. The van der Waals surface area contributed by atoms with Crippen LogP contribution in [0.1, 0.15) is 31.6 Å². The summed E-state index contributed by atoms with van der Waals surface area (Å²) in [4.78, 5) is 0. The molecule has 0 spiro atoms. The van der Waals surface area contributed by atoms with Gasteiger partial charge in [-0.25, -0.2) is 0 Å². The molecule has 0 fully saturated rings. The van der Waals surface area contributed by atoms with Crippen LogP contribution in [-0.2, 0) is 11.3 Å².